The van der Waals surface area contributed by atoms with Gasteiger partial charge in [0, 0.05) is 23.0 Å². The van der Waals surface area contributed by atoms with Crippen LogP contribution in [-0.4, -0.2) is 29.6 Å². The molecule has 3 heteroatoms. The van der Waals surface area contributed by atoms with Crippen LogP contribution in [0.4, 0.5) is 0 Å². The summed E-state index contributed by atoms with van der Waals surface area (Å²) < 4.78 is 0. The van der Waals surface area contributed by atoms with E-state index in [1.807, 2.05) is 54.6 Å². The number of hydrogen-bond acceptors (Lipinski definition) is 2. The van der Waals surface area contributed by atoms with Gasteiger partial charge in [-0.15, -0.1) is 0 Å². The Bertz CT molecular complexity index is 681. The first-order valence-corrected chi connectivity index (χ1v) is 8.82. The quantitative estimate of drug-likeness (QED) is 0.923. The van der Waals surface area contributed by atoms with Crippen molar-refractivity contribution in [1.29, 1.82) is 0 Å². The second kappa shape index (κ2) is 5.94. The average Bonchev–Trinajstić information content (AvgIpc) is 2.63. The highest BCUT2D eigenvalue weighted by atomic mass is 35.5. The molecule has 0 saturated carbocycles. The highest BCUT2D eigenvalue weighted by molar-refractivity contribution is 6.31. The van der Waals surface area contributed by atoms with Crippen LogP contribution in [0.25, 0.3) is 0 Å². The van der Waals surface area contributed by atoms with Crippen LogP contribution in [0.5, 0.6) is 0 Å². The van der Waals surface area contributed by atoms with Gasteiger partial charge in [0.2, 0.25) is 0 Å². The number of nitrogens with zero attached hydrogens (tertiary/aromatic N) is 1. The van der Waals surface area contributed by atoms with Gasteiger partial charge in [-0.2, -0.15) is 0 Å². The van der Waals surface area contributed by atoms with E-state index in [4.69, 9.17) is 11.6 Å². The number of piperidine rings is 3. The zero-order chi connectivity index (χ0) is 15.9. The molecule has 3 heterocycles. The smallest absolute Gasteiger partial charge is 0.120 e. The lowest BCUT2D eigenvalue weighted by Gasteiger charge is -2.51. The standard InChI is InChI=1S/C20H22ClNO/c21-19-9-5-4-8-17(19)20(23,16-6-2-1-3-7-16)18-14-22-12-10-15(18)11-13-22/h1-9,15,18,23H,10-14H2/t18-,20-/m0/s1. The molecule has 0 spiro atoms. The van der Waals surface area contributed by atoms with Crippen molar-refractivity contribution in [2.24, 2.45) is 11.8 Å². The molecule has 0 aliphatic carbocycles. The van der Waals surface area contributed by atoms with Crippen LogP contribution in [0.2, 0.25) is 5.02 Å². The van der Waals surface area contributed by atoms with E-state index in [1.54, 1.807) is 0 Å². The van der Waals surface area contributed by atoms with Gasteiger partial charge < -0.3 is 10.0 Å². The van der Waals surface area contributed by atoms with Crippen LogP contribution in [0.3, 0.4) is 0 Å². The van der Waals surface area contributed by atoms with Gasteiger partial charge in [0.25, 0.3) is 0 Å². The normalized spacial score (nSPS) is 29.2. The molecule has 1 N–H and O–H groups in total. The number of fused-ring (bicyclic) bond motifs is 3. The summed E-state index contributed by atoms with van der Waals surface area (Å²) in [4.78, 5) is 2.48. The first-order chi connectivity index (χ1) is 11.2. The fourth-order valence-electron chi connectivity index (χ4n) is 4.47. The SMILES string of the molecule is O[C@@](c1ccccc1)(c1ccccc1Cl)[C@H]1CN2CCC1CC2. The molecule has 3 fully saturated rings. The molecule has 5 rings (SSSR count). The highest BCUT2D eigenvalue weighted by Gasteiger charge is 2.49. The van der Waals surface area contributed by atoms with Crippen molar-refractivity contribution in [3.63, 3.8) is 0 Å². The van der Waals surface area contributed by atoms with E-state index < -0.39 is 5.60 Å². The number of rotatable bonds is 3. The molecule has 2 bridgehead atoms. The zero-order valence-electron chi connectivity index (χ0n) is 13.2. The highest BCUT2D eigenvalue weighted by Crippen LogP contribution is 2.48. The van der Waals surface area contributed by atoms with E-state index >= 15 is 0 Å². The van der Waals surface area contributed by atoms with Crippen LogP contribution in [0.15, 0.2) is 54.6 Å². The van der Waals surface area contributed by atoms with E-state index in [-0.39, 0.29) is 5.92 Å². The fraction of sp³-hybridized carbons (Fsp3) is 0.400. The molecule has 0 amide bonds. The van der Waals surface area contributed by atoms with Crippen molar-refractivity contribution >= 4 is 11.6 Å². The lowest BCUT2D eigenvalue weighted by Crippen LogP contribution is -2.55. The Morgan fingerprint density at radius 2 is 1.61 bits per heavy atom. The minimum atomic E-state index is -1.02. The molecule has 2 aromatic rings. The molecule has 0 radical (unpaired) electrons. The Morgan fingerprint density at radius 1 is 0.957 bits per heavy atom. The molecule has 2 aromatic carbocycles. The number of halogens is 1. The number of aliphatic hydroxyl groups is 1. The Hall–Kier alpha value is -1.35. The number of hydrogen-bond donors (Lipinski definition) is 1. The van der Waals surface area contributed by atoms with E-state index in [0.29, 0.717) is 10.9 Å². The third-order valence-corrected chi connectivity index (χ3v) is 6.02. The summed E-state index contributed by atoms with van der Waals surface area (Å²) >= 11 is 6.51. The maximum absolute atomic E-state index is 12.0. The second-order valence-electron chi connectivity index (χ2n) is 6.86. The number of benzene rings is 2. The Kier molecular flexibility index (Phi) is 3.92. The molecule has 3 saturated heterocycles. The maximum Gasteiger partial charge on any atom is 0.120 e. The summed E-state index contributed by atoms with van der Waals surface area (Å²) in [5, 5.41) is 12.6. The third-order valence-electron chi connectivity index (χ3n) is 5.69. The lowest BCUT2D eigenvalue weighted by molar-refractivity contribution is -0.0763. The largest absolute Gasteiger partial charge is 0.380 e. The molecule has 3 aliphatic rings. The molecular formula is C20H22ClNO. The second-order valence-corrected chi connectivity index (χ2v) is 7.26. The van der Waals surface area contributed by atoms with E-state index in [1.165, 1.54) is 12.8 Å². The predicted octanol–water partition coefficient (Wildman–Crippen LogP) is 3.92. The van der Waals surface area contributed by atoms with Crippen molar-refractivity contribution in [3.05, 3.63) is 70.7 Å². The topological polar surface area (TPSA) is 23.5 Å². The molecule has 23 heavy (non-hydrogen) atoms. The minimum absolute atomic E-state index is 0.187. The molecule has 2 atom stereocenters. The zero-order valence-corrected chi connectivity index (χ0v) is 13.9. The van der Waals surface area contributed by atoms with Crippen molar-refractivity contribution < 1.29 is 5.11 Å². The van der Waals surface area contributed by atoms with E-state index in [0.717, 1.165) is 30.8 Å². The Balaban J connectivity index is 1.86. The Morgan fingerprint density at radius 3 is 2.22 bits per heavy atom. The van der Waals surface area contributed by atoms with Gasteiger partial charge in [0.15, 0.2) is 0 Å². The van der Waals surface area contributed by atoms with Crippen LogP contribution in [0.1, 0.15) is 24.0 Å². The monoisotopic (exact) mass is 327 g/mol. The molecule has 3 aliphatic heterocycles. The van der Waals surface area contributed by atoms with Crippen molar-refractivity contribution in [1.82, 2.24) is 4.90 Å². The van der Waals surface area contributed by atoms with Gasteiger partial charge >= 0.3 is 0 Å². The third kappa shape index (κ3) is 2.50. The molecule has 0 aromatic heterocycles. The minimum Gasteiger partial charge on any atom is -0.380 e. The maximum atomic E-state index is 12.0. The first-order valence-electron chi connectivity index (χ1n) is 8.45. The summed E-state index contributed by atoms with van der Waals surface area (Å²) in [7, 11) is 0. The molecule has 0 unspecified atom stereocenters. The predicted molar refractivity (Wildman–Crippen MR) is 93.5 cm³/mol. The molecule has 120 valence electrons. The van der Waals surface area contributed by atoms with Gasteiger partial charge in [-0.1, -0.05) is 60.1 Å². The summed E-state index contributed by atoms with van der Waals surface area (Å²) in [6, 6.07) is 17.8. The summed E-state index contributed by atoms with van der Waals surface area (Å²) in [5.74, 6) is 0.744. The van der Waals surface area contributed by atoms with Crippen LogP contribution < -0.4 is 0 Å². The summed E-state index contributed by atoms with van der Waals surface area (Å²) in [5.41, 5.74) is 0.766. The van der Waals surface area contributed by atoms with Crippen molar-refractivity contribution in [2.75, 3.05) is 19.6 Å². The van der Waals surface area contributed by atoms with Crippen molar-refractivity contribution in [3.8, 4) is 0 Å². The summed E-state index contributed by atoms with van der Waals surface area (Å²) in [6.07, 6.45) is 2.34. The fourth-order valence-corrected chi connectivity index (χ4v) is 4.75. The van der Waals surface area contributed by atoms with Crippen LogP contribution in [0, 0.1) is 11.8 Å². The van der Waals surface area contributed by atoms with Crippen LogP contribution in [-0.2, 0) is 5.60 Å². The van der Waals surface area contributed by atoms with Gasteiger partial charge in [-0.25, -0.2) is 0 Å². The molecular weight excluding hydrogens is 306 g/mol. The van der Waals surface area contributed by atoms with Crippen molar-refractivity contribution in [2.45, 2.75) is 18.4 Å². The Labute approximate surface area is 142 Å². The van der Waals surface area contributed by atoms with Gasteiger partial charge in [0.05, 0.1) is 0 Å². The molecule has 2 nitrogen and oxygen atoms in total. The van der Waals surface area contributed by atoms with Gasteiger partial charge in [-0.05, 0) is 43.5 Å². The van der Waals surface area contributed by atoms with Gasteiger partial charge in [0.1, 0.15) is 5.60 Å². The van der Waals surface area contributed by atoms with Gasteiger partial charge in [-0.3, -0.25) is 0 Å². The van der Waals surface area contributed by atoms with Crippen LogP contribution >= 0.6 is 11.6 Å². The summed E-state index contributed by atoms with van der Waals surface area (Å²) in [6.45, 7) is 3.27. The lowest BCUT2D eigenvalue weighted by atomic mass is 9.65. The average molecular weight is 328 g/mol. The van der Waals surface area contributed by atoms with E-state index in [2.05, 4.69) is 4.90 Å². The first kappa shape index (κ1) is 15.2. The van der Waals surface area contributed by atoms with E-state index in [9.17, 15) is 5.11 Å².